The first-order valence-corrected chi connectivity index (χ1v) is 7.80. The molecule has 0 aliphatic rings. The highest BCUT2D eigenvalue weighted by atomic mass is 32.2. The predicted octanol–water partition coefficient (Wildman–Crippen LogP) is 5.53. The number of ether oxygens (including phenoxy) is 1. The Balaban J connectivity index is 1.68. The lowest BCUT2D eigenvalue weighted by Crippen LogP contribution is -2.03. The maximum atomic E-state index is 12.6. The molecule has 3 nitrogen and oxygen atoms in total. The van der Waals surface area contributed by atoms with Gasteiger partial charge in [-0.1, -0.05) is 23.4 Å². The Labute approximate surface area is 140 Å². The molecule has 0 N–H and O–H groups in total. The number of halogens is 3. The lowest BCUT2D eigenvalue weighted by Gasteiger charge is -2.12. The molecule has 3 aromatic rings. The largest absolute Gasteiger partial charge is 0.489 e. The summed E-state index contributed by atoms with van der Waals surface area (Å²) in [5.41, 5.74) is -2.27. The highest BCUT2D eigenvalue weighted by Crippen LogP contribution is 2.38. The summed E-state index contributed by atoms with van der Waals surface area (Å²) >= 11 is -0.135. The number of alkyl halides is 3. The Morgan fingerprint density at radius 3 is 2.42 bits per heavy atom. The Bertz CT molecular complexity index is 786. The van der Waals surface area contributed by atoms with Crippen LogP contribution in [-0.4, -0.2) is 10.7 Å². The van der Waals surface area contributed by atoms with Gasteiger partial charge in [0, 0.05) is 22.1 Å². The van der Waals surface area contributed by atoms with Crippen LogP contribution in [0.1, 0.15) is 5.56 Å². The van der Waals surface area contributed by atoms with E-state index in [1.807, 2.05) is 12.1 Å². The molecule has 0 spiro atoms. The van der Waals surface area contributed by atoms with Gasteiger partial charge in [0.25, 0.3) is 0 Å². The third-order valence-corrected chi connectivity index (χ3v) is 4.03. The number of hydrogen-bond donors (Lipinski definition) is 0. The van der Waals surface area contributed by atoms with E-state index in [2.05, 4.69) is 5.16 Å². The fourth-order valence-electron chi connectivity index (χ4n) is 2.09. The molecule has 124 valence electrons. The van der Waals surface area contributed by atoms with E-state index < -0.39 is 5.51 Å². The van der Waals surface area contributed by atoms with E-state index in [0.717, 1.165) is 5.56 Å². The van der Waals surface area contributed by atoms with Gasteiger partial charge in [-0.15, -0.1) is 0 Å². The first-order valence-electron chi connectivity index (χ1n) is 6.98. The van der Waals surface area contributed by atoms with Crippen LogP contribution in [0, 0.1) is 0 Å². The van der Waals surface area contributed by atoms with Crippen LogP contribution in [0.15, 0.2) is 70.3 Å². The summed E-state index contributed by atoms with van der Waals surface area (Å²) in [6.07, 6.45) is 1.48. The molecule has 1 aromatic heterocycles. The van der Waals surface area contributed by atoms with Gasteiger partial charge < -0.3 is 9.26 Å². The molecule has 0 atom stereocenters. The molecule has 1 heterocycles. The Hall–Kier alpha value is -2.41. The van der Waals surface area contributed by atoms with Crippen molar-refractivity contribution >= 4 is 11.8 Å². The van der Waals surface area contributed by atoms with Gasteiger partial charge in [0.1, 0.15) is 24.3 Å². The Morgan fingerprint density at radius 2 is 1.75 bits per heavy atom. The van der Waals surface area contributed by atoms with Gasteiger partial charge in [-0.05, 0) is 42.1 Å². The molecule has 0 unspecified atom stereocenters. The molecule has 0 aliphatic carbocycles. The van der Waals surface area contributed by atoms with Crippen LogP contribution in [0.2, 0.25) is 0 Å². The molecule has 0 fully saturated rings. The van der Waals surface area contributed by atoms with Gasteiger partial charge in [0.2, 0.25) is 0 Å². The number of nitrogens with zero attached hydrogens (tertiary/aromatic N) is 1. The summed E-state index contributed by atoms with van der Waals surface area (Å²) < 4.78 is 48.1. The number of hydrogen-bond acceptors (Lipinski definition) is 4. The van der Waals surface area contributed by atoms with Crippen molar-refractivity contribution in [3.05, 3.63) is 66.4 Å². The molecule has 0 bridgehead atoms. The summed E-state index contributed by atoms with van der Waals surface area (Å²) in [5.74, 6) is 0.564. The maximum absolute atomic E-state index is 12.6. The lowest BCUT2D eigenvalue weighted by molar-refractivity contribution is -0.0328. The zero-order chi connectivity index (χ0) is 17.0. The molecule has 24 heavy (non-hydrogen) atoms. The van der Waals surface area contributed by atoms with Crippen LogP contribution in [0.5, 0.6) is 5.75 Å². The van der Waals surface area contributed by atoms with Gasteiger partial charge in [-0.3, -0.25) is 0 Å². The molecule has 0 saturated carbocycles. The Morgan fingerprint density at radius 1 is 1.00 bits per heavy atom. The minimum absolute atomic E-state index is 0.0581. The molecule has 0 aliphatic heterocycles. The van der Waals surface area contributed by atoms with E-state index in [0.29, 0.717) is 17.0 Å². The lowest BCUT2D eigenvalue weighted by atomic mass is 10.1. The quantitative estimate of drug-likeness (QED) is 0.566. The van der Waals surface area contributed by atoms with Crippen LogP contribution in [0.25, 0.3) is 11.3 Å². The molecule has 2 aromatic carbocycles. The zero-order valence-corrected chi connectivity index (χ0v) is 13.1. The van der Waals surface area contributed by atoms with Crippen LogP contribution in [0.3, 0.4) is 0 Å². The SMILES string of the molecule is FC(F)(F)Sc1ccccc1COc1ccc(-c2ccon2)cc1. The fraction of sp³-hybridized carbons (Fsp3) is 0.118. The molecular formula is C17H12F3NO2S. The van der Waals surface area contributed by atoms with Crippen molar-refractivity contribution in [3.63, 3.8) is 0 Å². The second-order valence-electron chi connectivity index (χ2n) is 4.85. The van der Waals surface area contributed by atoms with Crippen LogP contribution < -0.4 is 4.74 Å². The topological polar surface area (TPSA) is 35.3 Å². The highest BCUT2D eigenvalue weighted by Gasteiger charge is 2.30. The number of benzene rings is 2. The van der Waals surface area contributed by atoms with Crippen LogP contribution in [-0.2, 0) is 6.61 Å². The first kappa shape index (κ1) is 16.4. The fourth-order valence-corrected chi connectivity index (χ4v) is 2.75. The second-order valence-corrected chi connectivity index (χ2v) is 5.96. The Kier molecular flexibility index (Phi) is 4.80. The molecule has 0 radical (unpaired) electrons. The summed E-state index contributed by atoms with van der Waals surface area (Å²) in [5, 5.41) is 3.83. The van der Waals surface area contributed by atoms with Crippen LogP contribution >= 0.6 is 11.8 Å². The van der Waals surface area contributed by atoms with Crippen molar-refractivity contribution in [3.8, 4) is 17.0 Å². The zero-order valence-electron chi connectivity index (χ0n) is 12.3. The van der Waals surface area contributed by atoms with E-state index >= 15 is 0 Å². The van der Waals surface area contributed by atoms with Gasteiger partial charge in [0.05, 0.1) is 0 Å². The normalized spacial score (nSPS) is 11.5. The minimum Gasteiger partial charge on any atom is -0.489 e. The smallest absolute Gasteiger partial charge is 0.446 e. The number of rotatable bonds is 5. The van der Waals surface area contributed by atoms with E-state index in [9.17, 15) is 13.2 Å². The first-order chi connectivity index (χ1) is 11.5. The van der Waals surface area contributed by atoms with E-state index in [-0.39, 0.29) is 23.3 Å². The molecule has 7 heteroatoms. The van der Waals surface area contributed by atoms with Crippen molar-refractivity contribution in [2.75, 3.05) is 0 Å². The molecule has 0 saturated heterocycles. The highest BCUT2D eigenvalue weighted by molar-refractivity contribution is 8.00. The van der Waals surface area contributed by atoms with Gasteiger partial charge in [-0.2, -0.15) is 13.2 Å². The van der Waals surface area contributed by atoms with Gasteiger partial charge in [-0.25, -0.2) is 0 Å². The summed E-state index contributed by atoms with van der Waals surface area (Å²) in [6.45, 7) is 0.0581. The van der Waals surface area contributed by atoms with Crippen molar-refractivity contribution in [2.24, 2.45) is 0 Å². The summed E-state index contributed by atoms with van der Waals surface area (Å²) in [4.78, 5) is 0.143. The standard InChI is InChI=1S/C17H12F3NO2S/c18-17(19,20)24-16-4-2-1-3-13(16)11-22-14-7-5-12(6-8-14)15-9-10-23-21-15/h1-10H,11H2. The van der Waals surface area contributed by atoms with Crippen molar-refractivity contribution in [1.29, 1.82) is 0 Å². The van der Waals surface area contributed by atoms with Gasteiger partial charge in [0.15, 0.2) is 0 Å². The summed E-state index contributed by atoms with van der Waals surface area (Å²) in [6, 6.07) is 15.2. The molecule has 3 rings (SSSR count). The summed E-state index contributed by atoms with van der Waals surface area (Å²) in [7, 11) is 0. The third kappa shape index (κ3) is 4.32. The molecule has 0 amide bonds. The van der Waals surface area contributed by atoms with Gasteiger partial charge >= 0.3 is 5.51 Å². The molecular weight excluding hydrogens is 339 g/mol. The van der Waals surface area contributed by atoms with E-state index in [4.69, 9.17) is 9.26 Å². The monoisotopic (exact) mass is 351 g/mol. The van der Waals surface area contributed by atoms with Crippen molar-refractivity contribution in [2.45, 2.75) is 17.0 Å². The predicted molar refractivity (Wildman–Crippen MR) is 84.6 cm³/mol. The number of thioether (sulfide) groups is 1. The van der Waals surface area contributed by atoms with Crippen molar-refractivity contribution in [1.82, 2.24) is 5.16 Å². The third-order valence-electron chi connectivity index (χ3n) is 3.18. The van der Waals surface area contributed by atoms with Crippen LogP contribution in [0.4, 0.5) is 13.2 Å². The second kappa shape index (κ2) is 7.00. The average molecular weight is 351 g/mol. The maximum Gasteiger partial charge on any atom is 0.446 e. The van der Waals surface area contributed by atoms with E-state index in [1.165, 1.54) is 12.3 Å². The van der Waals surface area contributed by atoms with E-state index in [1.54, 1.807) is 36.4 Å². The average Bonchev–Trinajstić information content (AvgIpc) is 3.07. The number of aromatic nitrogens is 1. The van der Waals surface area contributed by atoms with Crippen molar-refractivity contribution < 1.29 is 22.4 Å². The minimum atomic E-state index is -4.32.